The number of ether oxygens (including phenoxy) is 4. The van der Waals surface area contributed by atoms with Crippen molar-refractivity contribution in [1.29, 1.82) is 0 Å². The molecule has 9 aliphatic rings. The predicted molar refractivity (Wildman–Crippen MR) is 434 cm³/mol. The van der Waals surface area contributed by atoms with Crippen LogP contribution in [0.15, 0.2) is 129 Å². The molecule has 12 N–H and O–H groups in total. The summed E-state index contributed by atoms with van der Waals surface area (Å²) in [6, 6.07) is 17.2. The van der Waals surface area contributed by atoms with Crippen LogP contribution in [0.25, 0.3) is 0 Å². The lowest BCUT2D eigenvalue weighted by Crippen LogP contribution is -2.47. The van der Waals surface area contributed by atoms with Crippen LogP contribution in [0.1, 0.15) is 49.1 Å². The zero-order chi connectivity index (χ0) is 95.6. The van der Waals surface area contributed by atoms with Crippen molar-refractivity contribution in [2.75, 3.05) is 26.3 Å². The molecule has 4 saturated heterocycles. The van der Waals surface area contributed by atoms with Gasteiger partial charge in [-0.25, -0.2) is 50.2 Å². The number of H-pyrrole nitrogens is 3. The molecule has 4 unspecified atom stereocenters. The van der Waals surface area contributed by atoms with Gasteiger partial charge in [0, 0.05) is 67.1 Å². The third-order valence-corrected chi connectivity index (χ3v) is 26.6. The molecule has 4 fully saturated rings. The van der Waals surface area contributed by atoms with Crippen LogP contribution < -0.4 is 40.5 Å². The molecule has 0 saturated carbocycles. The van der Waals surface area contributed by atoms with Gasteiger partial charge in [0.1, 0.15) is 123 Å². The van der Waals surface area contributed by atoms with E-state index in [1.54, 1.807) is 0 Å². The van der Waals surface area contributed by atoms with Crippen LogP contribution in [0, 0.1) is 13.9 Å². The highest BCUT2D eigenvalue weighted by Crippen LogP contribution is 2.61. The summed E-state index contributed by atoms with van der Waals surface area (Å²) in [5.74, 6) is -14.1. The lowest BCUT2D eigenvalue weighted by Gasteiger charge is -2.34. The first kappa shape index (κ1) is 88.0. The zero-order valence-corrected chi connectivity index (χ0v) is 73.6. The first-order chi connectivity index (χ1) is 60.3. The van der Waals surface area contributed by atoms with E-state index in [2.05, 4.69) is 26.8 Å². The topological polar surface area (TPSA) is 506 Å². The van der Waals surface area contributed by atoms with Gasteiger partial charge in [0.2, 0.25) is 0 Å². The summed E-state index contributed by atoms with van der Waals surface area (Å²) in [5.41, 5.74) is -1.20. The van der Waals surface area contributed by atoms with Gasteiger partial charge in [0.25, 0.3) is 23.4 Å². The summed E-state index contributed by atoms with van der Waals surface area (Å²) in [7, 11) is -18.2. The standard InChI is InChI=1S/C17H16Cl2FN2O7PS.3C16H14Cl2FN2O8PS/c1-8-21-15(31)11(19)5-22(8)16-13(23)14(24)17(20,28-16)7-27-30(25)26-6-9-4-10(18)2-3-12(9)29-30;3*17-8-1-2-10-7(3-8)5-26-30(25,29-10)27-6-16(19)12(23)11(22)14(28-16)21-4-9(18)13(31)20-15(21)24/h2-5,13-14,16,23-24H,1,6-7H2,(H,21,31);3*1-4,11-12,14,22-23H,5-6H2,(H,20,24,31)/t13-,14+,16-,17-,30?;3*11-,12+,14-,16-,30?/m1111/s1/i7D2,16D;14D;6D2;. The van der Waals surface area contributed by atoms with E-state index in [0.717, 1.165) is 29.4 Å². The molecular weight excluding hydrogens is 2000 g/mol. The number of benzene rings is 4. The molecule has 0 radical (unpaired) electrons. The third kappa shape index (κ3) is 20.7. The van der Waals surface area contributed by atoms with Crippen molar-refractivity contribution in [3.63, 3.8) is 0 Å². The summed E-state index contributed by atoms with van der Waals surface area (Å²) in [6.45, 7) is -7.50. The highest BCUT2D eigenvalue weighted by atomic mass is 35.5. The lowest BCUT2D eigenvalue weighted by molar-refractivity contribution is -0.207. The van der Waals surface area contributed by atoms with Crippen LogP contribution in [-0.4, -0.2) is 184 Å². The maximum Gasteiger partial charge on any atom is 0.530 e. The quantitative estimate of drug-likeness (QED) is 0.0243. The maximum atomic E-state index is 15.9. The van der Waals surface area contributed by atoms with Crippen LogP contribution >= 0.6 is 173 Å². The van der Waals surface area contributed by atoms with Crippen LogP contribution in [0.4, 0.5) is 17.6 Å². The minimum Gasteiger partial charge on any atom is -0.404 e. The molecule has 7 aromatic rings. The number of hydrogen-bond donors (Lipinski definition) is 12. The molecular formula is C65H58Cl8F4N8O31P4S4. The normalized spacial score (nSPS) is 35.3. The maximum absolute atomic E-state index is 15.9. The van der Waals surface area contributed by atoms with Gasteiger partial charge in [-0.05, 0) is 72.8 Å². The van der Waals surface area contributed by atoms with E-state index in [1.165, 1.54) is 72.8 Å². The van der Waals surface area contributed by atoms with Crippen molar-refractivity contribution < 1.29 is 158 Å². The van der Waals surface area contributed by atoms with E-state index < -0.39 is 172 Å². The number of alkyl halides is 4. The highest BCUT2D eigenvalue weighted by molar-refractivity contribution is 7.81. The Hall–Kier alpha value is -5.29. The van der Waals surface area contributed by atoms with E-state index in [1.807, 2.05) is 0 Å². The molecule has 0 bridgehead atoms. The molecule has 0 amide bonds. The van der Waals surface area contributed by atoms with Gasteiger partial charge in [0.05, 0.1) is 54.8 Å². The number of phosphoric acid groups is 4. The van der Waals surface area contributed by atoms with Crippen LogP contribution in [0.2, 0.25) is 35.2 Å². The lowest BCUT2D eigenvalue weighted by atomic mass is 10.1. The molecule has 20 atom stereocenters. The Balaban J connectivity index is 0.000000148. The number of aliphatic hydroxyl groups is 8. The van der Waals surface area contributed by atoms with E-state index in [9.17, 15) is 73.5 Å². The first-order valence-corrected chi connectivity index (χ1v) is 44.5. The predicted octanol–water partition coefficient (Wildman–Crippen LogP) is 11.5. The molecule has 16 rings (SSSR count). The van der Waals surface area contributed by atoms with Gasteiger partial charge < -0.3 is 88.1 Å². The Labute approximate surface area is 760 Å². The van der Waals surface area contributed by atoms with Gasteiger partial charge in [-0.3, -0.25) is 64.8 Å². The molecule has 4 aromatic carbocycles. The molecule has 124 heavy (non-hydrogen) atoms. The number of halogens is 12. The molecule has 12 heterocycles. The fraction of sp³-hybridized carbons (Fsp3) is 0.369. The van der Waals surface area contributed by atoms with Gasteiger partial charge in [-0.15, -0.1) is 0 Å². The molecule has 9 aliphatic heterocycles. The highest BCUT2D eigenvalue weighted by Gasteiger charge is 2.62. The number of aliphatic hydroxyl groups excluding tert-OH is 8. The average molecular weight is 2070 g/mol. The van der Waals surface area contributed by atoms with Crippen molar-refractivity contribution in [2.24, 2.45) is 0 Å². The van der Waals surface area contributed by atoms with Crippen molar-refractivity contribution in [3.8, 4) is 23.0 Å². The number of phosphoric ester groups is 4. The number of aromatic nitrogens is 6. The molecule has 672 valence electrons. The smallest absolute Gasteiger partial charge is 0.404 e. The van der Waals surface area contributed by atoms with Crippen molar-refractivity contribution in [1.82, 2.24) is 38.9 Å². The van der Waals surface area contributed by atoms with Crippen LogP contribution in [-0.2, 0) is 99.8 Å². The van der Waals surface area contributed by atoms with Gasteiger partial charge in [-0.1, -0.05) is 148 Å². The van der Waals surface area contributed by atoms with E-state index in [4.69, 9.17) is 223 Å². The second-order valence-electron chi connectivity index (χ2n) is 26.2. The van der Waals surface area contributed by atoms with Crippen LogP contribution in [0.5, 0.6) is 23.0 Å². The molecule has 39 nitrogen and oxygen atoms in total. The second-order valence-corrected chi connectivity index (χ2v) is 37.5. The zero-order valence-electron chi connectivity index (χ0n) is 66.7. The molecule has 3 aromatic heterocycles. The number of hydrogen-bond acceptors (Lipinski definition) is 36. The number of nitrogens with zero attached hydrogens (tertiary/aromatic N) is 4. The fourth-order valence-electron chi connectivity index (χ4n) is 11.5. The molecule has 0 aliphatic carbocycles. The largest absolute Gasteiger partial charge is 0.530 e. The number of thiocarbonyl (C=S) groups is 1. The number of fused-ring (bicyclic) bond motifs is 4. The first-order valence-electron chi connectivity index (χ1n) is 37.0. The minimum atomic E-state index is -4.81. The van der Waals surface area contributed by atoms with E-state index in [0.29, 0.717) is 56.4 Å². The summed E-state index contributed by atoms with van der Waals surface area (Å²) >= 11 is 66.3. The van der Waals surface area contributed by atoms with Gasteiger partial charge in [-0.2, -0.15) is 0 Å². The minimum absolute atomic E-state index is 0.00997. The summed E-state index contributed by atoms with van der Waals surface area (Å²) < 4.78 is 244. The van der Waals surface area contributed by atoms with Gasteiger partial charge >= 0.3 is 48.4 Å². The van der Waals surface area contributed by atoms with Crippen molar-refractivity contribution in [3.05, 3.63) is 218 Å². The Bertz CT molecular complexity index is 6380. The molecule has 59 heteroatoms. The second kappa shape index (κ2) is 37.5. The van der Waals surface area contributed by atoms with Crippen molar-refractivity contribution in [2.45, 2.75) is 124 Å². The summed E-state index contributed by atoms with van der Waals surface area (Å²) in [5, 5.41) is 85.7. The third-order valence-electron chi connectivity index (χ3n) is 17.8. The number of aromatic amines is 3. The Morgan fingerprint density at radius 3 is 1.15 bits per heavy atom. The Morgan fingerprint density at radius 1 is 0.460 bits per heavy atom. The Kier molecular flexibility index (Phi) is 26.6. The number of rotatable bonds is 16. The average Bonchev–Trinajstić information content (AvgIpc) is 1.56. The molecule has 0 spiro atoms. The van der Waals surface area contributed by atoms with Crippen molar-refractivity contribution >= 4 is 178 Å². The van der Waals surface area contributed by atoms with Crippen LogP contribution in [0.3, 0.4) is 0 Å². The number of nitrogens with one attached hydrogen (secondary N) is 4. The van der Waals surface area contributed by atoms with E-state index in [-0.39, 0.29) is 94.3 Å². The van der Waals surface area contributed by atoms with E-state index >= 15 is 17.6 Å². The summed E-state index contributed by atoms with van der Waals surface area (Å²) in [6.07, 6.45) is -24.3. The monoisotopic (exact) mass is 2060 g/mol. The van der Waals surface area contributed by atoms with Gasteiger partial charge in [0.15, 0.2) is 24.9 Å². The summed E-state index contributed by atoms with van der Waals surface area (Å²) in [4.78, 5) is 43.7. The SMILES string of the molecule is O=c1[nH]c(=S)c(Cl)cn1[C@@H]1O[C@](F)(COP2(=O)OCc3cc(Cl)ccc3O2)[C@@H](O)[C@H]1O.[2H]C([2H])(OP1(=O)OCc2cc(Cl)ccc2O1)[C@@]1(F)O[C@@H](n2cc(Cl)c(=S)[nH]c2=O)[C@H](O)[C@@H]1O.[2H]C([2H])(OP1(=O)OCc2cc(Cl)ccc2O1)[C@@]1(F)O[C@@]([2H])(N2C=C(Cl)C(=S)NC2=C)[C@H](O)[C@@H]1O.[2H][C@@]1(n2cc(Cl)c(=S)[nH]c2=O)O[C@](F)(COP2(=O)OCc3cc(Cl)ccc3O2)[C@@H](O)[C@H]1O. The fourth-order valence-corrected chi connectivity index (χ4v) is 18.1. The Morgan fingerprint density at radius 2 is 0.758 bits per heavy atom.